The minimum Gasteiger partial charge on any atom is -0.874 e. The molecule has 66 heavy (non-hydrogen) atoms. The number of carbonyl (C=O) groups excluding carboxylic acids is 3. The van der Waals surface area contributed by atoms with Crippen LogP contribution in [-0.4, -0.2) is 172 Å². The van der Waals surface area contributed by atoms with Crippen molar-refractivity contribution < 1.29 is 57.4 Å². The zero-order valence-electron chi connectivity index (χ0n) is 39.1. The highest BCUT2D eigenvalue weighted by Crippen LogP contribution is 2.51. The number of hydrogen-bond donors (Lipinski definition) is 0. The number of para-hydroxylation sites is 2. The normalized spacial score (nSPS) is 24.5. The van der Waals surface area contributed by atoms with Crippen LogP contribution in [0, 0.1) is 5.92 Å². The predicted octanol–water partition coefficient (Wildman–Crippen LogP) is 2.98. The van der Waals surface area contributed by atoms with E-state index in [1.54, 1.807) is 22.0 Å². The predicted molar refractivity (Wildman–Crippen MR) is 245 cm³/mol. The van der Waals surface area contributed by atoms with E-state index < -0.39 is 16.7 Å². The van der Waals surface area contributed by atoms with E-state index in [-0.39, 0.29) is 42.0 Å². The Bertz CT molecular complexity index is 2050. The van der Waals surface area contributed by atoms with Gasteiger partial charge in [0.25, 0.3) is 0 Å². The Morgan fingerprint density at radius 2 is 0.879 bits per heavy atom. The molecule has 16 heteroatoms. The second-order valence-corrected chi connectivity index (χ2v) is 17.8. The molecule has 4 aliphatic heterocycles. The summed E-state index contributed by atoms with van der Waals surface area (Å²) in [6.07, 6.45) is 3.43. The minimum atomic E-state index is -1.04. The molecule has 1 atom stereocenters. The van der Waals surface area contributed by atoms with Gasteiger partial charge in [0.05, 0.1) is 112 Å². The van der Waals surface area contributed by atoms with Crippen molar-refractivity contribution >= 4 is 29.0 Å². The molecule has 0 saturated carbocycles. The third-order valence-corrected chi connectivity index (χ3v) is 12.8. The third kappa shape index (κ3) is 11.7. The molecule has 0 radical (unpaired) electrons. The first kappa shape index (κ1) is 49.3. The number of Topliss-reactive ketones (excluding diaryl/α,β-unsaturated/α-hetero) is 1. The van der Waals surface area contributed by atoms with Crippen molar-refractivity contribution in [2.24, 2.45) is 5.92 Å². The Balaban J connectivity index is 1.13. The van der Waals surface area contributed by atoms with Crippen molar-refractivity contribution in [2.75, 3.05) is 155 Å². The second kappa shape index (κ2) is 23.4. The Labute approximate surface area is 388 Å². The molecule has 360 valence electrons. The summed E-state index contributed by atoms with van der Waals surface area (Å²) in [4.78, 5) is 50.2. The maximum absolute atomic E-state index is 14.3. The summed E-state index contributed by atoms with van der Waals surface area (Å²) in [7, 11) is 0. The first-order valence-electron chi connectivity index (χ1n) is 23.3. The number of hydrogen-bond acceptors (Lipinski definition) is 14. The molecule has 5 aliphatic rings. The van der Waals surface area contributed by atoms with Gasteiger partial charge in [-0.2, -0.15) is 0 Å². The molecule has 1 aliphatic carbocycles. The van der Waals surface area contributed by atoms with Crippen LogP contribution >= 0.6 is 0 Å². The van der Waals surface area contributed by atoms with Crippen molar-refractivity contribution in [2.45, 2.75) is 38.5 Å². The Hall–Kier alpha value is -4.65. The molecule has 0 bridgehead atoms. The Kier molecular flexibility index (Phi) is 17.5. The molecule has 0 N–H and O–H groups in total. The van der Waals surface area contributed by atoms with Gasteiger partial charge in [-0.15, -0.1) is 5.76 Å². The summed E-state index contributed by atoms with van der Waals surface area (Å²) in [5.74, 6) is -1.95. The van der Waals surface area contributed by atoms with Crippen LogP contribution in [0.5, 0.6) is 0 Å². The number of fused-ring (bicyclic) bond motifs is 2. The maximum atomic E-state index is 14.3. The van der Waals surface area contributed by atoms with Crippen LogP contribution in [0.4, 0.5) is 11.4 Å². The van der Waals surface area contributed by atoms with Gasteiger partial charge >= 0.3 is 0 Å². The van der Waals surface area contributed by atoms with Crippen LogP contribution in [0.1, 0.15) is 38.8 Å². The van der Waals surface area contributed by atoms with Crippen LogP contribution in [0.3, 0.4) is 0 Å². The van der Waals surface area contributed by atoms with E-state index in [0.717, 1.165) is 22.5 Å². The number of amides is 2. The van der Waals surface area contributed by atoms with E-state index in [1.807, 2.05) is 72.2 Å². The molecular formula is C50H67N4O12-. The van der Waals surface area contributed by atoms with Gasteiger partial charge in [-0.3, -0.25) is 14.4 Å². The maximum Gasteiger partial charge on any atom is 0.242 e. The molecule has 2 aromatic rings. The third-order valence-electron chi connectivity index (χ3n) is 12.8. The smallest absolute Gasteiger partial charge is 0.242 e. The summed E-state index contributed by atoms with van der Waals surface area (Å²) in [6, 6.07) is 15.7. The van der Waals surface area contributed by atoms with E-state index in [0.29, 0.717) is 143 Å². The fraction of sp³-hybridized carbons (Fsp3) is 0.580. The summed E-state index contributed by atoms with van der Waals surface area (Å²) >= 11 is 0. The lowest BCUT2D eigenvalue weighted by Gasteiger charge is -2.38. The van der Waals surface area contributed by atoms with E-state index >= 15 is 0 Å². The Morgan fingerprint density at radius 1 is 0.545 bits per heavy atom. The van der Waals surface area contributed by atoms with E-state index in [2.05, 4.69) is 13.8 Å². The number of rotatable bonds is 6. The zero-order valence-corrected chi connectivity index (χ0v) is 39.1. The van der Waals surface area contributed by atoms with Crippen molar-refractivity contribution in [1.29, 1.82) is 0 Å². The molecule has 2 aromatic carbocycles. The van der Waals surface area contributed by atoms with Crippen LogP contribution in [0.2, 0.25) is 0 Å². The quantitative estimate of drug-likeness (QED) is 0.416. The molecule has 16 nitrogen and oxygen atoms in total. The van der Waals surface area contributed by atoms with Gasteiger partial charge in [0, 0.05) is 65.4 Å². The number of benzene rings is 2. The fourth-order valence-electron chi connectivity index (χ4n) is 9.08. The number of nitrogens with zero attached hydrogens (tertiary/aromatic N) is 4. The molecule has 0 spiro atoms. The summed E-state index contributed by atoms with van der Waals surface area (Å²) in [5.41, 5.74) is 3.87. The van der Waals surface area contributed by atoms with Gasteiger partial charge in [-0.05, 0) is 35.4 Å². The first-order valence-corrected chi connectivity index (χ1v) is 23.3. The SMILES string of the molecule is CC1(C)/C(=C/C2=C([O-])C(/C=C3\N(CC(=O)N4CCOCCOCCOCCOCC4)c4ccccc4C3(C)C)C2=O)N(CC(=O)N2CCOCCOCCOCCOCC2)c2ccccc21. The topological polar surface area (TPSA) is 161 Å². The number of allylic oxidation sites excluding steroid dienone is 5. The number of carbonyl (C=O) groups is 3. The summed E-state index contributed by atoms with van der Waals surface area (Å²) < 4.78 is 45.4. The highest BCUT2D eigenvalue weighted by molar-refractivity contribution is 6.10. The molecular weight excluding hydrogens is 849 g/mol. The van der Waals surface area contributed by atoms with E-state index in [9.17, 15) is 19.5 Å². The van der Waals surface area contributed by atoms with Gasteiger partial charge in [0.15, 0.2) is 5.78 Å². The minimum absolute atomic E-state index is 0.0121. The highest BCUT2D eigenvalue weighted by atomic mass is 16.6. The lowest BCUT2D eigenvalue weighted by Crippen LogP contribution is -2.44. The van der Waals surface area contributed by atoms with Crippen LogP contribution in [-0.2, 0) is 63.1 Å². The van der Waals surface area contributed by atoms with Gasteiger partial charge in [-0.25, -0.2) is 0 Å². The monoisotopic (exact) mass is 915 g/mol. The van der Waals surface area contributed by atoms with Gasteiger partial charge < -0.3 is 62.6 Å². The fourth-order valence-corrected chi connectivity index (χ4v) is 9.08. The number of ether oxygens (including phenoxy) is 8. The second-order valence-electron chi connectivity index (χ2n) is 17.8. The van der Waals surface area contributed by atoms with Crippen LogP contribution in [0.25, 0.3) is 0 Å². The number of ketones is 1. The number of anilines is 2. The van der Waals surface area contributed by atoms with Gasteiger partial charge in [0.2, 0.25) is 11.8 Å². The molecule has 0 aromatic heterocycles. The standard InChI is InChI=1S/C50H68N4O12/c1-49(2)39-9-5-7-11-41(39)53(35-45(55)51-13-17-59-21-25-63-29-30-64-26-22-60-18-14-51)43(49)33-37-47(57)38(48(37)58)34-44-50(3,4)40-10-6-8-12-42(40)54(44)36-46(56)52-15-19-61-23-27-65-31-32-66-28-24-62-20-16-52/h5-12,33-34,37,57H,13-32,35-36H2,1-4H3/p-1/b43-33-,44-34-. The molecule has 4 heterocycles. The zero-order chi connectivity index (χ0) is 46.5. The molecule has 2 amide bonds. The summed E-state index contributed by atoms with van der Waals surface area (Å²) in [6.45, 7) is 16.1. The van der Waals surface area contributed by atoms with E-state index in [4.69, 9.17) is 37.9 Å². The van der Waals surface area contributed by atoms with Crippen molar-refractivity contribution in [3.8, 4) is 0 Å². The van der Waals surface area contributed by atoms with E-state index in [1.165, 1.54) is 0 Å². The first-order chi connectivity index (χ1) is 32.0. The van der Waals surface area contributed by atoms with Crippen LogP contribution < -0.4 is 14.9 Å². The van der Waals surface area contributed by atoms with Crippen LogP contribution in [0.15, 0.2) is 83.4 Å². The largest absolute Gasteiger partial charge is 0.874 e. The average molecular weight is 916 g/mol. The van der Waals surface area contributed by atoms with Crippen molar-refractivity contribution in [3.63, 3.8) is 0 Å². The van der Waals surface area contributed by atoms with Gasteiger partial charge in [0.1, 0.15) is 13.1 Å². The lowest BCUT2D eigenvalue weighted by atomic mass is 9.76. The average Bonchev–Trinajstić information content (AvgIpc) is 3.64. The molecule has 1 unspecified atom stereocenters. The molecule has 2 fully saturated rings. The molecule has 7 rings (SSSR count). The van der Waals surface area contributed by atoms with Crippen molar-refractivity contribution in [1.82, 2.24) is 9.80 Å². The molecule has 2 saturated heterocycles. The van der Waals surface area contributed by atoms with Crippen molar-refractivity contribution in [3.05, 3.63) is 94.5 Å². The lowest BCUT2D eigenvalue weighted by molar-refractivity contribution is -0.315. The van der Waals surface area contributed by atoms with Gasteiger partial charge in [-0.1, -0.05) is 64.1 Å². The Morgan fingerprint density at radius 3 is 1.26 bits per heavy atom. The summed E-state index contributed by atoms with van der Waals surface area (Å²) in [5, 5.41) is 14.3. The highest BCUT2D eigenvalue weighted by Gasteiger charge is 2.45.